The number of aryl methyl sites for hydroxylation is 1. The monoisotopic (exact) mass is 317 g/mol. The first-order chi connectivity index (χ1) is 11.0. The molecule has 0 unspecified atom stereocenters. The largest absolute Gasteiger partial charge is 0.493 e. The van der Waals surface area contributed by atoms with Gasteiger partial charge in [-0.05, 0) is 31.5 Å². The van der Waals surface area contributed by atoms with E-state index in [1.165, 1.54) is 5.56 Å². The lowest BCUT2D eigenvalue weighted by molar-refractivity contribution is 0.132. The molecule has 23 heavy (non-hydrogen) atoms. The molecule has 1 aliphatic heterocycles. The molecule has 1 aliphatic rings. The second-order valence-electron chi connectivity index (χ2n) is 6.21. The van der Waals surface area contributed by atoms with Crippen molar-refractivity contribution in [1.29, 1.82) is 0 Å². The first-order valence-corrected chi connectivity index (χ1v) is 7.91. The minimum atomic E-state index is 0.129. The molecule has 6 nitrogen and oxygen atoms in total. The highest BCUT2D eigenvalue weighted by atomic mass is 16.5. The number of ether oxygens (including phenoxy) is 2. The lowest BCUT2D eigenvalue weighted by atomic mass is 9.98. The van der Waals surface area contributed by atoms with Crippen LogP contribution in [0.25, 0.3) is 0 Å². The molecule has 6 heteroatoms. The van der Waals surface area contributed by atoms with Crippen molar-refractivity contribution in [2.45, 2.75) is 39.3 Å². The van der Waals surface area contributed by atoms with Crippen molar-refractivity contribution in [2.24, 2.45) is 0 Å². The third-order valence-corrected chi connectivity index (χ3v) is 3.86. The van der Waals surface area contributed by atoms with E-state index in [1.54, 1.807) is 7.11 Å². The van der Waals surface area contributed by atoms with Gasteiger partial charge in [0.2, 0.25) is 5.89 Å². The van der Waals surface area contributed by atoms with E-state index >= 15 is 0 Å². The van der Waals surface area contributed by atoms with Crippen molar-refractivity contribution >= 4 is 0 Å². The lowest BCUT2D eigenvalue weighted by Crippen LogP contribution is -2.44. The van der Waals surface area contributed by atoms with Gasteiger partial charge in [0.1, 0.15) is 0 Å². The molecule has 124 valence electrons. The quantitative estimate of drug-likeness (QED) is 0.816. The van der Waals surface area contributed by atoms with Gasteiger partial charge in [-0.1, -0.05) is 11.2 Å². The van der Waals surface area contributed by atoms with Crippen molar-refractivity contribution in [3.8, 4) is 11.5 Å². The van der Waals surface area contributed by atoms with E-state index in [4.69, 9.17) is 14.0 Å². The summed E-state index contributed by atoms with van der Waals surface area (Å²) in [6.45, 7) is 8.61. The summed E-state index contributed by atoms with van der Waals surface area (Å²) in [5, 5.41) is 4.00. The SMILES string of the molecule is COc1cc(CN2CC(c3noc(C)n3)C2)ccc1OC(C)C. The Morgan fingerprint density at radius 2 is 2.09 bits per heavy atom. The maximum Gasteiger partial charge on any atom is 0.223 e. The van der Waals surface area contributed by atoms with Crippen molar-refractivity contribution < 1.29 is 14.0 Å². The van der Waals surface area contributed by atoms with Crippen LogP contribution in [-0.2, 0) is 6.54 Å². The van der Waals surface area contributed by atoms with Crippen LogP contribution in [0.1, 0.15) is 37.0 Å². The highest BCUT2D eigenvalue weighted by molar-refractivity contribution is 5.43. The standard InChI is InChI=1S/C17H23N3O3/c1-11(2)22-15-6-5-13(7-16(15)21-4)8-20-9-14(10-20)17-18-12(3)23-19-17/h5-7,11,14H,8-10H2,1-4H3. The Bertz CT molecular complexity index is 663. The second-order valence-corrected chi connectivity index (χ2v) is 6.21. The topological polar surface area (TPSA) is 60.6 Å². The zero-order valence-electron chi connectivity index (χ0n) is 14.1. The van der Waals surface area contributed by atoms with Crippen LogP contribution in [0.2, 0.25) is 0 Å². The van der Waals surface area contributed by atoms with Gasteiger partial charge in [-0.2, -0.15) is 4.98 Å². The maximum absolute atomic E-state index is 5.75. The molecule has 0 spiro atoms. The average molecular weight is 317 g/mol. The lowest BCUT2D eigenvalue weighted by Gasteiger charge is -2.37. The van der Waals surface area contributed by atoms with Gasteiger partial charge in [0.25, 0.3) is 0 Å². The molecule has 2 heterocycles. The van der Waals surface area contributed by atoms with Crippen LogP contribution in [0.3, 0.4) is 0 Å². The van der Waals surface area contributed by atoms with Gasteiger partial charge in [0.15, 0.2) is 17.3 Å². The molecule has 0 N–H and O–H groups in total. The summed E-state index contributed by atoms with van der Waals surface area (Å²) in [6.07, 6.45) is 0.129. The summed E-state index contributed by atoms with van der Waals surface area (Å²) in [7, 11) is 1.67. The number of benzene rings is 1. The Kier molecular flexibility index (Phi) is 4.52. The minimum absolute atomic E-state index is 0.129. The highest BCUT2D eigenvalue weighted by Crippen LogP contribution is 2.31. The van der Waals surface area contributed by atoms with E-state index in [0.717, 1.165) is 37.0 Å². The summed E-state index contributed by atoms with van der Waals surface area (Å²) in [5.74, 6) is 3.39. The molecular weight excluding hydrogens is 294 g/mol. The number of hydrogen-bond acceptors (Lipinski definition) is 6. The van der Waals surface area contributed by atoms with E-state index < -0.39 is 0 Å². The summed E-state index contributed by atoms with van der Waals surface area (Å²) in [4.78, 5) is 6.65. The van der Waals surface area contributed by atoms with Gasteiger partial charge in [-0.25, -0.2) is 0 Å². The molecule has 0 atom stereocenters. The van der Waals surface area contributed by atoms with E-state index in [2.05, 4.69) is 21.1 Å². The van der Waals surface area contributed by atoms with E-state index in [9.17, 15) is 0 Å². The van der Waals surface area contributed by atoms with Gasteiger partial charge >= 0.3 is 0 Å². The maximum atomic E-state index is 5.75. The van der Waals surface area contributed by atoms with Crippen LogP contribution in [0, 0.1) is 6.92 Å². The zero-order valence-corrected chi connectivity index (χ0v) is 14.1. The summed E-state index contributed by atoms with van der Waals surface area (Å²) in [6, 6.07) is 6.11. The van der Waals surface area contributed by atoms with Crippen LogP contribution in [0.4, 0.5) is 0 Å². The Labute approximate surface area is 136 Å². The van der Waals surface area contributed by atoms with Gasteiger partial charge in [0.05, 0.1) is 13.2 Å². The molecule has 0 bridgehead atoms. The van der Waals surface area contributed by atoms with E-state index in [-0.39, 0.29) is 6.10 Å². The Balaban J connectivity index is 1.59. The van der Waals surface area contributed by atoms with E-state index in [1.807, 2.05) is 32.9 Å². The molecule has 1 saturated heterocycles. The molecule has 1 aromatic carbocycles. The van der Waals surface area contributed by atoms with Crippen LogP contribution >= 0.6 is 0 Å². The predicted molar refractivity (Wildman–Crippen MR) is 85.8 cm³/mol. The number of rotatable bonds is 6. The van der Waals surface area contributed by atoms with Crippen molar-refractivity contribution in [2.75, 3.05) is 20.2 Å². The fraction of sp³-hybridized carbons (Fsp3) is 0.529. The summed E-state index contributed by atoms with van der Waals surface area (Å²) < 4.78 is 16.2. The Hall–Kier alpha value is -2.08. The van der Waals surface area contributed by atoms with Crippen molar-refractivity contribution in [3.05, 3.63) is 35.5 Å². The van der Waals surface area contributed by atoms with E-state index in [0.29, 0.717) is 11.8 Å². The van der Waals surface area contributed by atoms with Gasteiger partial charge < -0.3 is 14.0 Å². The Morgan fingerprint density at radius 3 is 2.70 bits per heavy atom. The van der Waals surface area contributed by atoms with Gasteiger partial charge in [-0.3, -0.25) is 4.90 Å². The van der Waals surface area contributed by atoms with Crippen molar-refractivity contribution in [1.82, 2.24) is 15.0 Å². The highest BCUT2D eigenvalue weighted by Gasteiger charge is 2.31. The summed E-state index contributed by atoms with van der Waals surface area (Å²) >= 11 is 0. The average Bonchev–Trinajstić information content (AvgIpc) is 2.89. The molecule has 1 fully saturated rings. The third-order valence-electron chi connectivity index (χ3n) is 3.86. The number of hydrogen-bond donors (Lipinski definition) is 0. The first-order valence-electron chi connectivity index (χ1n) is 7.91. The molecule has 0 amide bonds. The number of aromatic nitrogens is 2. The molecule has 0 radical (unpaired) electrons. The second kappa shape index (κ2) is 6.58. The molecule has 0 aliphatic carbocycles. The van der Waals surface area contributed by atoms with Crippen LogP contribution in [-0.4, -0.2) is 41.3 Å². The normalized spacial score (nSPS) is 15.7. The molecule has 0 saturated carbocycles. The first kappa shape index (κ1) is 15.8. The smallest absolute Gasteiger partial charge is 0.223 e. The Morgan fingerprint density at radius 1 is 1.30 bits per heavy atom. The van der Waals surface area contributed by atoms with Crippen LogP contribution < -0.4 is 9.47 Å². The van der Waals surface area contributed by atoms with Crippen molar-refractivity contribution in [3.63, 3.8) is 0 Å². The third kappa shape index (κ3) is 3.64. The molecular formula is C17H23N3O3. The number of nitrogens with zero attached hydrogens (tertiary/aromatic N) is 3. The summed E-state index contributed by atoms with van der Waals surface area (Å²) in [5.41, 5.74) is 1.21. The fourth-order valence-electron chi connectivity index (χ4n) is 2.76. The van der Waals surface area contributed by atoms with Crippen LogP contribution in [0.5, 0.6) is 11.5 Å². The molecule has 2 aromatic rings. The minimum Gasteiger partial charge on any atom is -0.493 e. The number of methoxy groups -OCH3 is 1. The molecule has 3 rings (SSSR count). The fourth-order valence-corrected chi connectivity index (χ4v) is 2.76. The zero-order chi connectivity index (χ0) is 16.4. The predicted octanol–water partition coefficient (Wildman–Crippen LogP) is 2.77. The molecule has 1 aromatic heterocycles. The van der Waals surface area contributed by atoms with Gasteiger partial charge in [0, 0.05) is 32.5 Å². The van der Waals surface area contributed by atoms with Crippen LogP contribution in [0.15, 0.2) is 22.7 Å². The number of likely N-dealkylation sites (tertiary alicyclic amines) is 1. The van der Waals surface area contributed by atoms with Gasteiger partial charge in [-0.15, -0.1) is 0 Å².